The van der Waals surface area contributed by atoms with Crippen LogP contribution in [0, 0.1) is 0 Å². The highest BCUT2D eigenvalue weighted by Crippen LogP contribution is 2.55. The van der Waals surface area contributed by atoms with Crippen molar-refractivity contribution in [2.24, 2.45) is 3.77 Å². The standard InChI is InChI=1S/C13H19F6NO4S2/c1-2-3-4-5-6-7-8-9-10-24-26(23)13(18,19)11(14,15)12(16,17)25(21,22)20-26/h9-10H,2-8H2,1H3/b10-9-. The number of rotatable bonds is 9. The van der Waals surface area contributed by atoms with Gasteiger partial charge in [0.15, 0.2) is 0 Å². The number of allylic oxidation sites excluding steroid dienone is 1. The van der Waals surface area contributed by atoms with Crippen molar-refractivity contribution in [1.82, 2.24) is 0 Å². The zero-order valence-corrected chi connectivity index (χ0v) is 15.4. The minimum Gasteiger partial charge on any atom is -0.399 e. The van der Waals surface area contributed by atoms with Gasteiger partial charge in [0.2, 0.25) is 0 Å². The zero-order valence-electron chi connectivity index (χ0n) is 13.8. The fraction of sp³-hybridized carbons (Fsp3) is 0.846. The quantitative estimate of drug-likeness (QED) is 0.298. The maximum Gasteiger partial charge on any atom is 0.435 e. The molecule has 0 N–H and O–H groups in total. The van der Waals surface area contributed by atoms with Crippen LogP contribution in [0.4, 0.5) is 26.3 Å². The maximum absolute atomic E-state index is 13.6. The number of nitrogens with zero attached hydrogens (tertiary/aromatic N) is 1. The summed E-state index contributed by atoms with van der Waals surface area (Å²) >= 11 is 0. The number of sulfonamides is 1. The van der Waals surface area contributed by atoms with Gasteiger partial charge in [0, 0.05) is 0 Å². The number of alkyl halides is 6. The average molecular weight is 431 g/mol. The molecule has 1 aliphatic rings. The third kappa shape index (κ3) is 3.97. The van der Waals surface area contributed by atoms with Gasteiger partial charge in [-0.2, -0.15) is 34.8 Å². The summed E-state index contributed by atoms with van der Waals surface area (Å²) in [5.41, 5.74) is 0. The maximum atomic E-state index is 13.6. The van der Waals surface area contributed by atoms with Crippen molar-refractivity contribution in [2.45, 2.75) is 68.3 Å². The third-order valence-electron chi connectivity index (χ3n) is 3.58. The minimum atomic E-state index is -6.48. The summed E-state index contributed by atoms with van der Waals surface area (Å²) in [7, 11) is -12.5. The molecule has 0 spiro atoms. The molecular weight excluding hydrogens is 412 g/mol. The Morgan fingerprint density at radius 3 is 2.00 bits per heavy atom. The van der Waals surface area contributed by atoms with Crippen LogP contribution in [0.1, 0.15) is 51.9 Å². The van der Waals surface area contributed by atoms with E-state index in [0.717, 1.165) is 38.2 Å². The second kappa shape index (κ2) is 7.95. The smallest absolute Gasteiger partial charge is 0.399 e. The first-order valence-corrected chi connectivity index (χ1v) is 10.6. The summed E-state index contributed by atoms with van der Waals surface area (Å²) in [5.74, 6) is -6.45. The molecule has 0 radical (unpaired) electrons. The second-order valence-corrected chi connectivity index (χ2v) is 9.37. The van der Waals surface area contributed by atoms with Gasteiger partial charge in [0.25, 0.3) is 10.0 Å². The first-order chi connectivity index (χ1) is 11.8. The summed E-state index contributed by atoms with van der Waals surface area (Å²) in [6, 6.07) is 0. The Morgan fingerprint density at radius 1 is 0.885 bits per heavy atom. The van der Waals surface area contributed by atoms with Crippen LogP contribution in [0.25, 0.3) is 0 Å². The van der Waals surface area contributed by atoms with Crippen LogP contribution in [-0.4, -0.2) is 29.1 Å². The van der Waals surface area contributed by atoms with Crippen molar-refractivity contribution in [1.29, 1.82) is 0 Å². The number of hydrogen-bond acceptors (Lipinski definition) is 4. The fourth-order valence-electron chi connectivity index (χ4n) is 2.02. The van der Waals surface area contributed by atoms with E-state index in [1.165, 1.54) is 0 Å². The predicted molar refractivity (Wildman–Crippen MR) is 82.5 cm³/mol. The Bertz CT molecular complexity index is 742. The van der Waals surface area contributed by atoms with Crippen molar-refractivity contribution >= 4 is 20.0 Å². The lowest BCUT2D eigenvalue weighted by Gasteiger charge is -2.34. The molecule has 0 fully saturated rings. The SMILES string of the molecule is CCCCCCCC/C=C\OS1(=O)=NS(=O)(=O)C(F)(F)C(F)(F)C1(F)F. The molecule has 1 aliphatic heterocycles. The molecule has 0 aromatic carbocycles. The lowest BCUT2D eigenvalue weighted by Crippen LogP contribution is -2.63. The summed E-state index contributed by atoms with van der Waals surface area (Å²) in [6.07, 6.45) is 7.03. The molecule has 1 rings (SSSR count). The number of unbranched alkanes of at least 4 members (excludes halogenated alkanes) is 6. The first-order valence-electron chi connectivity index (χ1n) is 7.76. The van der Waals surface area contributed by atoms with Crippen LogP contribution in [0.5, 0.6) is 0 Å². The molecule has 0 aromatic heterocycles. The van der Waals surface area contributed by atoms with E-state index in [2.05, 4.69) is 4.18 Å². The van der Waals surface area contributed by atoms with Gasteiger partial charge in [0.05, 0.1) is 0 Å². The van der Waals surface area contributed by atoms with Gasteiger partial charge in [-0.3, -0.25) is 0 Å². The predicted octanol–water partition coefficient (Wildman–Crippen LogP) is 4.81. The molecule has 0 saturated carbocycles. The van der Waals surface area contributed by atoms with Gasteiger partial charge in [-0.1, -0.05) is 42.8 Å². The minimum absolute atomic E-state index is 0.243. The summed E-state index contributed by atoms with van der Waals surface area (Å²) in [4.78, 5) is 0. The van der Waals surface area contributed by atoms with Gasteiger partial charge >= 0.3 is 26.5 Å². The van der Waals surface area contributed by atoms with Gasteiger partial charge < -0.3 is 4.18 Å². The second-order valence-electron chi connectivity index (χ2n) is 5.66. The Morgan fingerprint density at radius 2 is 1.42 bits per heavy atom. The van der Waals surface area contributed by atoms with E-state index in [9.17, 15) is 39.0 Å². The summed E-state index contributed by atoms with van der Waals surface area (Å²) < 4.78 is 120. The van der Waals surface area contributed by atoms with Gasteiger partial charge in [-0.05, 0) is 18.9 Å². The molecule has 0 bridgehead atoms. The molecule has 13 heteroatoms. The Labute approximate surface area is 148 Å². The monoisotopic (exact) mass is 431 g/mol. The Hall–Kier alpha value is -0.980. The van der Waals surface area contributed by atoms with E-state index < -0.39 is 36.5 Å². The molecule has 0 amide bonds. The molecular formula is C13H19F6NO4S2. The molecule has 0 aliphatic carbocycles. The summed E-state index contributed by atoms with van der Waals surface area (Å²) in [5, 5.41) is -12.2. The van der Waals surface area contributed by atoms with E-state index in [0.29, 0.717) is 12.7 Å². The molecule has 5 nitrogen and oxygen atoms in total. The first kappa shape index (κ1) is 23.1. The molecule has 154 valence electrons. The lowest BCUT2D eigenvalue weighted by atomic mass is 10.1. The Kier molecular flexibility index (Phi) is 7.05. The highest BCUT2D eigenvalue weighted by molar-refractivity contribution is 8.02. The van der Waals surface area contributed by atoms with Crippen molar-refractivity contribution in [2.75, 3.05) is 0 Å². The van der Waals surface area contributed by atoms with Crippen LogP contribution in [0.2, 0.25) is 0 Å². The molecule has 0 saturated heterocycles. The largest absolute Gasteiger partial charge is 0.435 e. The van der Waals surface area contributed by atoms with Crippen LogP contribution < -0.4 is 0 Å². The van der Waals surface area contributed by atoms with Crippen molar-refractivity contribution in [3.63, 3.8) is 0 Å². The van der Waals surface area contributed by atoms with Crippen molar-refractivity contribution in [3.05, 3.63) is 12.3 Å². The van der Waals surface area contributed by atoms with Gasteiger partial charge in [-0.25, -0.2) is 4.21 Å². The number of hydrogen-bond donors (Lipinski definition) is 0. The highest BCUT2D eigenvalue weighted by Gasteiger charge is 2.85. The van der Waals surface area contributed by atoms with E-state index >= 15 is 0 Å². The summed E-state index contributed by atoms with van der Waals surface area (Å²) in [6.45, 7) is 2.03. The number of halogens is 6. The van der Waals surface area contributed by atoms with Crippen LogP contribution in [0.3, 0.4) is 0 Å². The van der Waals surface area contributed by atoms with Gasteiger partial charge in [-0.15, -0.1) is 0 Å². The van der Waals surface area contributed by atoms with Gasteiger partial charge in [0.1, 0.15) is 6.26 Å². The van der Waals surface area contributed by atoms with E-state index in [-0.39, 0.29) is 6.42 Å². The third-order valence-corrected chi connectivity index (χ3v) is 7.33. The Balaban J connectivity index is 2.86. The van der Waals surface area contributed by atoms with E-state index in [1.807, 2.05) is 6.92 Å². The molecule has 1 atom stereocenters. The topological polar surface area (TPSA) is 72.8 Å². The van der Waals surface area contributed by atoms with E-state index in [1.54, 1.807) is 3.77 Å². The molecule has 1 unspecified atom stereocenters. The molecule has 1 heterocycles. The zero-order chi connectivity index (χ0) is 20.3. The molecule has 0 aromatic rings. The fourth-order valence-corrected chi connectivity index (χ4v) is 5.26. The van der Waals surface area contributed by atoms with Crippen LogP contribution >= 0.6 is 0 Å². The highest BCUT2D eigenvalue weighted by atomic mass is 32.3. The molecule has 26 heavy (non-hydrogen) atoms. The van der Waals surface area contributed by atoms with Crippen LogP contribution in [0.15, 0.2) is 16.1 Å². The normalized spacial score (nSPS) is 28.6. The van der Waals surface area contributed by atoms with Crippen molar-refractivity contribution < 1.29 is 43.2 Å². The van der Waals surface area contributed by atoms with Crippen molar-refractivity contribution in [3.8, 4) is 0 Å². The van der Waals surface area contributed by atoms with Crippen LogP contribution in [-0.2, 0) is 24.2 Å². The van der Waals surface area contributed by atoms with E-state index in [4.69, 9.17) is 0 Å². The lowest BCUT2D eigenvalue weighted by molar-refractivity contribution is -0.246. The average Bonchev–Trinajstić information content (AvgIpc) is 2.51.